The molecule has 1 aliphatic heterocycles. The van der Waals surface area contributed by atoms with Crippen molar-refractivity contribution in [2.45, 2.75) is 37.7 Å². The summed E-state index contributed by atoms with van der Waals surface area (Å²) in [7, 11) is 0. The fraction of sp³-hybridized carbons (Fsp3) is 0.290. The number of rotatable bonds is 8. The molecule has 3 aromatic rings. The molecule has 2 amide bonds. The number of ketones is 1. The molecule has 0 aromatic heterocycles. The summed E-state index contributed by atoms with van der Waals surface area (Å²) < 4.78 is 18.8. The fourth-order valence-electron chi connectivity index (χ4n) is 5.57. The lowest BCUT2D eigenvalue weighted by molar-refractivity contribution is -0.122. The minimum atomic E-state index is -1.17. The average molecular weight is 548 g/mol. The largest absolute Gasteiger partial charge is 0.450 e. The van der Waals surface area contributed by atoms with Crippen LogP contribution in [0.15, 0.2) is 78.9 Å². The van der Waals surface area contributed by atoms with E-state index in [4.69, 9.17) is 16.3 Å². The third-order valence-electron chi connectivity index (χ3n) is 7.58. The maximum Gasteiger partial charge on any atom is 0.338 e. The molecule has 1 aliphatic carbocycles. The third-order valence-corrected chi connectivity index (χ3v) is 7.80. The van der Waals surface area contributed by atoms with Gasteiger partial charge in [-0.25, -0.2) is 9.18 Å². The summed E-state index contributed by atoms with van der Waals surface area (Å²) in [5.41, 5.74) is 1.75. The molecule has 2 aliphatic rings. The second-order valence-corrected chi connectivity index (χ2v) is 10.3. The van der Waals surface area contributed by atoms with E-state index < -0.39 is 29.6 Å². The molecule has 5 rings (SSSR count). The predicted molar refractivity (Wildman–Crippen MR) is 144 cm³/mol. The van der Waals surface area contributed by atoms with Gasteiger partial charge in [0.25, 0.3) is 0 Å². The van der Waals surface area contributed by atoms with Crippen LogP contribution in [0.2, 0.25) is 0 Å². The molecule has 0 spiro atoms. The molecule has 1 heterocycles. The molecule has 2 fully saturated rings. The zero-order chi connectivity index (χ0) is 27.5. The lowest BCUT2D eigenvalue weighted by Crippen LogP contribution is -2.31. The second kappa shape index (κ2) is 11.5. The Morgan fingerprint density at radius 1 is 0.897 bits per heavy atom. The number of carbonyl (C=O) groups excluding carboxylic acids is 4. The summed E-state index contributed by atoms with van der Waals surface area (Å²) in [4.78, 5) is 53.9. The Morgan fingerprint density at radius 2 is 1.62 bits per heavy atom. The fourth-order valence-corrected chi connectivity index (χ4v) is 5.77. The van der Waals surface area contributed by atoms with Crippen LogP contribution in [0.25, 0.3) is 0 Å². The van der Waals surface area contributed by atoms with Crippen molar-refractivity contribution >= 4 is 40.9 Å². The lowest BCUT2D eigenvalue weighted by Gasteiger charge is -2.28. The number of halogens is 2. The highest BCUT2D eigenvalue weighted by Gasteiger charge is 2.50. The Hall–Kier alpha value is -3.84. The summed E-state index contributed by atoms with van der Waals surface area (Å²) in [5.74, 6) is -2.81. The van der Waals surface area contributed by atoms with Gasteiger partial charge >= 0.3 is 5.97 Å². The molecule has 0 radical (unpaired) electrons. The summed E-state index contributed by atoms with van der Waals surface area (Å²) in [6, 6.07) is 21.1. The van der Waals surface area contributed by atoms with E-state index in [2.05, 4.69) is 12.1 Å². The highest BCUT2D eigenvalue weighted by atomic mass is 35.5. The zero-order valence-electron chi connectivity index (χ0n) is 21.1. The van der Waals surface area contributed by atoms with Crippen molar-refractivity contribution in [2.75, 3.05) is 10.8 Å². The molecule has 200 valence electrons. The molecule has 4 atom stereocenters. The third kappa shape index (κ3) is 5.50. The monoisotopic (exact) mass is 547 g/mol. The first kappa shape index (κ1) is 26.8. The van der Waals surface area contributed by atoms with Gasteiger partial charge in [0.15, 0.2) is 6.10 Å². The van der Waals surface area contributed by atoms with Gasteiger partial charge in [-0.15, -0.1) is 11.6 Å². The van der Waals surface area contributed by atoms with Crippen LogP contribution in [-0.4, -0.2) is 35.6 Å². The van der Waals surface area contributed by atoms with E-state index in [1.807, 2.05) is 18.2 Å². The number of nitrogens with zero attached hydrogens (tertiary/aromatic N) is 1. The molecule has 3 aromatic carbocycles. The standard InChI is InChI=1S/C31H27ClFNO5/c32-16-15-27(28(35)20-9-12-23(33)13-10-20)39-31(38)22-7-4-8-24(17-22)34-29(36)25-14-11-21(18-26(25)30(34)37)19-5-2-1-3-6-19/h1-10,12-13,17,21,25-27H,11,14-16,18H2/t21-,25+,26+,27+/m0/s1. The van der Waals surface area contributed by atoms with Crippen LogP contribution >= 0.6 is 11.6 Å². The number of alkyl halides is 1. The van der Waals surface area contributed by atoms with Crippen LogP contribution in [-0.2, 0) is 14.3 Å². The normalized spacial score (nSPS) is 21.4. The maximum atomic E-state index is 13.4. The molecule has 0 unspecified atom stereocenters. The number of hydrogen-bond acceptors (Lipinski definition) is 5. The van der Waals surface area contributed by atoms with Gasteiger partial charge in [-0.05, 0) is 73.2 Å². The van der Waals surface area contributed by atoms with E-state index in [0.717, 1.165) is 18.6 Å². The number of carbonyl (C=O) groups is 4. The van der Waals surface area contributed by atoms with Crippen molar-refractivity contribution in [1.29, 1.82) is 0 Å². The highest BCUT2D eigenvalue weighted by molar-refractivity contribution is 6.22. The van der Waals surface area contributed by atoms with E-state index in [1.165, 1.54) is 34.7 Å². The van der Waals surface area contributed by atoms with Crippen molar-refractivity contribution in [3.8, 4) is 0 Å². The van der Waals surface area contributed by atoms with Crippen LogP contribution in [0.4, 0.5) is 10.1 Å². The topological polar surface area (TPSA) is 80.8 Å². The van der Waals surface area contributed by atoms with Crippen LogP contribution in [0, 0.1) is 17.7 Å². The van der Waals surface area contributed by atoms with E-state index in [1.54, 1.807) is 12.1 Å². The Kier molecular flexibility index (Phi) is 7.89. The number of ether oxygens (including phenoxy) is 1. The van der Waals surface area contributed by atoms with Crippen LogP contribution < -0.4 is 4.90 Å². The molecule has 1 saturated heterocycles. The first-order valence-corrected chi connectivity index (χ1v) is 13.5. The summed E-state index contributed by atoms with van der Waals surface area (Å²) >= 11 is 5.85. The van der Waals surface area contributed by atoms with E-state index >= 15 is 0 Å². The van der Waals surface area contributed by atoms with Crippen molar-refractivity contribution < 1.29 is 28.3 Å². The Morgan fingerprint density at radius 3 is 2.33 bits per heavy atom. The number of esters is 1. The number of hydrogen-bond donors (Lipinski definition) is 0. The van der Waals surface area contributed by atoms with Gasteiger partial charge in [-0.2, -0.15) is 0 Å². The van der Waals surface area contributed by atoms with E-state index in [9.17, 15) is 23.6 Å². The van der Waals surface area contributed by atoms with Gasteiger partial charge in [-0.3, -0.25) is 19.3 Å². The van der Waals surface area contributed by atoms with Crippen molar-refractivity contribution in [3.63, 3.8) is 0 Å². The smallest absolute Gasteiger partial charge is 0.338 e. The van der Waals surface area contributed by atoms with Gasteiger partial charge in [0.05, 0.1) is 23.1 Å². The average Bonchev–Trinajstić information content (AvgIpc) is 3.22. The number of benzene rings is 3. The number of fused-ring (bicyclic) bond motifs is 1. The lowest BCUT2D eigenvalue weighted by atomic mass is 9.73. The quantitative estimate of drug-likeness (QED) is 0.151. The molecule has 8 heteroatoms. The summed E-state index contributed by atoms with van der Waals surface area (Å²) in [5, 5.41) is 0. The molecule has 6 nitrogen and oxygen atoms in total. The number of amides is 2. The minimum Gasteiger partial charge on any atom is -0.450 e. The first-order valence-electron chi connectivity index (χ1n) is 13.0. The number of anilines is 1. The van der Waals surface area contributed by atoms with Gasteiger partial charge in [0.1, 0.15) is 5.82 Å². The van der Waals surface area contributed by atoms with Gasteiger partial charge in [-0.1, -0.05) is 36.4 Å². The molecule has 0 N–H and O–H groups in total. The molecule has 0 bridgehead atoms. The first-order chi connectivity index (χ1) is 18.9. The Bertz CT molecular complexity index is 1390. The molecule has 39 heavy (non-hydrogen) atoms. The van der Waals surface area contributed by atoms with Crippen molar-refractivity contribution in [2.24, 2.45) is 11.8 Å². The summed E-state index contributed by atoms with van der Waals surface area (Å²) in [6.07, 6.45) is 0.950. The Labute approximate surface area is 230 Å². The molecular formula is C31H27ClFNO5. The van der Waals surface area contributed by atoms with Crippen LogP contribution in [0.1, 0.15) is 57.9 Å². The molecule has 1 saturated carbocycles. The van der Waals surface area contributed by atoms with Gasteiger partial charge in [0, 0.05) is 17.9 Å². The second-order valence-electron chi connectivity index (χ2n) is 9.94. The molecular weight excluding hydrogens is 521 g/mol. The minimum absolute atomic E-state index is 0.0639. The van der Waals surface area contributed by atoms with Crippen LogP contribution in [0.5, 0.6) is 0 Å². The zero-order valence-corrected chi connectivity index (χ0v) is 21.9. The Balaban J connectivity index is 1.32. The van der Waals surface area contributed by atoms with E-state index in [-0.39, 0.29) is 47.1 Å². The predicted octanol–water partition coefficient (Wildman–Crippen LogP) is 5.94. The maximum absolute atomic E-state index is 13.4. The number of imide groups is 1. The van der Waals surface area contributed by atoms with Gasteiger partial charge < -0.3 is 4.74 Å². The summed E-state index contributed by atoms with van der Waals surface area (Å²) in [6.45, 7) is 0. The van der Waals surface area contributed by atoms with Crippen molar-refractivity contribution in [1.82, 2.24) is 0 Å². The van der Waals surface area contributed by atoms with Crippen LogP contribution in [0.3, 0.4) is 0 Å². The van der Waals surface area contributed by atoms with E-state index in [0.29, 0.717) is 18.5 Å². The highest BCUT2D eigenvalue weighted by Crippen LogP contribution is 2.45. The number of Topliss-reactive ketones (excluding diaryl/α,β-unsaturated/α-hetero) is 1. The van der Waals surface area contributed by atoms with Crippen molar-refractivity contribution in [3.05, 3.63) is 101 Å². The van der Waals surface area contributed by atoms with Gasteiger partial charge in [0.2, 0.25) is 17.6 Å². The SMILES string of the molecule is O=C(O[C@H](CCCl)C(=O)c1ccc(F)cc1)c1cccc(N2C(=O)[C@@H]3CC[C@H](c4ccccc4)C[C@H]3C2=O)c1.